The maximum absolute atomic E-state index is 11.5. The first-order valence-corrected chi connectivity index (χ1v) is 9.65. The summed E-state index contributed by atoms with van der Waals surface area (Å²) < 4.78 is 1.84. The van der Waals surface area contributed by atoms with Gasteiger partial charge in [0.2, 0.25) is 5.82 Å². The van der Waals surface area contributed by atoms with E-state index in [1.807, 2.05) is 48.0 Å². The van der Waals surface area contributed by atoms with Crippen molar-refractivity contribution in [2.45, 2.75) is 46.1 Å². The number of hydrogen-bond donors (Lipinski definition) is 1. The average Bonchev–Trinajstić information content (AvgIpc) is 3.10. The van der Waals surface area contributed by atoms with Crippen molar-refractivity contribution in [3.63, 3.8) is 0 Å². The molecule has 5 heteroatoms. The lowest BCUT2D eigenvalue weighted by Gasteiger charge is -2.12. The molecule has 0 bridgehead atoms. The summed E-state index contributed by atoms with van der Waals surface area (Å²) in [5.41, 5.74) is 2.76. The van der Waals surface area contributed by atoms with Gasteiger partial charge >= 0.3 is 5.97 Å². The van der Waals surface area contributed by atoms with Crippen molar-refractivity contribution in [2.75, 3.05) is 0 Å². The molecule has 3 rings (SSSR count). The molecule has 0 amide bonds. The number of nitrogens with zero attached hydrogens (tertiary/aromatic N) is 3. The zero-order chi connectivity index (χ0) is 21.0. The standard InChI is InChI=1S/C24H25N3O2/c1-5-6-11-21-25-23(24(2,3)4)26-27(21)16-17-12-14-18(15-13-17)19-9-7-8-10-20(19)22(28)29/h7-10,12-15H,5,16H2,1-4H3,(H,28,29). The predicted molar refractivity (Wildman–Crippen MR) is 114 cm³/mol. The molecule has 5 nitrogen and oxygen atoms in total. The van der Waals surface area contributed by atoms with E-state index in [1.54, 1.807) is 12.1 Å². The Morgan fingerprint density at radius 2 is 1.79 bits per heavy atom. The van der Waals surface area contributed by atoms with Gasteiger partial charge in [-0.05, 0) is 28.7 Å². The molecule has 0 fully saturated rings. The molecule has 148 valence electrons. The lowest BCUT2D eigenvalue weighted by Crippen LogP contribution is -2.14. The van der Waals surface area contributed by atoms with Crippen LogP contribution in [0.3, 0.4) is 0 Å². The van der Waals surface area contributed by atoms with Crippen LogP contribution in [0.4, 0.5) is 0 Å². The highest BCUT2D eigenvalue weighted by Gasteiger charge is 2.21. The van der Waals surface area contributed by atoms with Gasteiger partial charge in [-0.25, -0.2) is 14.5 Å². The second-order valence-electron chi connectivity index (χ2n) is 7.87. The second kappa shape index (κ2) is 8.32. The van der Waals surface area contributed by atoms with E-state index in [0.29, 0.717) is 23.5 Å². The molecule has 1 N–H and O–H groups in total. The third-order valence-corrected chi connectivity index (χ3v) is 4.47. The highest BCUT2D eigenvalue weighted by molar-refractivity contribution is 5.95. The van der Waals surface area contributed by atoms with E-state index in [1.165, 1.54) is 0 Å². The maximum Gasteiger partial charge on any atom is 0.336 e. The third-order valence-electron chi connectivity index (χ3n) is 4.47. The Hall–Kier alpha value is -3.39. The molecule has 2 aromatic carbocycles. The van der Waals surface area contributed by atoms with Gasteiger partial charge in [0, 0.05) is 11.8 Å². The number of benzene rings is 2. The van der Waals surface area contributed by atoms with Crippen LogP contribution < -0.4 is 0 Å². The highest BCUT2D eigenvalue weighted by atomic mass is 16.4. The van der Waals surface area contributed by atoms with E-state index >= 15 is 0 Å². The van der Waals surface area contributed by atoms with Crippen LogP contribution in [-0.2, 0) is 12.0 Å². The normalized spacial score (nSPS) is 11.0. The minimum absolute atomic E-state index is 0.154. The largest absolute Gasteiger partial charge is 0.478 e. The molecule has 1 heterocycles. The molecule has 29 heavy (non-hydrogen) atoms. The zero-order valence-electron chi connectivity index (χ0n) is 17.2. The van der Waals surface area contributed by atoms with Crippen molar-refractivity contribution in [2.24, 2.45) is 0 Å². The lowest BCUT2D eigenvalue weighted by atomic mass is 9.96. The van der Waals surface area contributed by atoms with Crippen LogP contribution in [0.2, 0.25) is 0 Å². The minimum atomic E-state index is -0.929. The van der Waals surface area contributed by atoms with E-state index in [2.05, 4.69) is 42.7 Å². The fourth-order valence-corrected chi connectivity index (χ4v) is 2.91. The summed E-state index contributed by atoms with van der Waals surface area (Å²) in [4.78, 5) is 16.1. The van der Waals surface area contributed by atoms with Gasteiger partial charge in [-0.3, -0.25) is 0 Å². The van der Waals surface area contributed by atoms with Crippen molar-refractivity contribution in [3.05, 3.63) is 71.3 Å². The zero-order valence-corrected chi connectivity index (χ0v) is 17.2. The van der Waals surface area contributed by atoms with Crippen LogP contribution in [0, 0.1) is 11.8 Å². The number of rotatable bonds is 4. The Kier molecular flexibility index (Phi) is 5.84. The van der Waals surface area contributed by atoms with Crippen LogP contribution >= 0.6 is 0 Å². The third kappa shape index (κ3) is 4.72. The maximum atomic E-state index is 11.5. The molecule has 0 atom stereocenters. The molecular formula is C24H25N3O2. The smallest absolute Gasteiger partial charge is 0.336 e. The molecule has 0 saturated heterocycles. The number of carbonyl (C=O) groups is 1. The number of aromatic nitrogens is 3. The van der Waals surface area contributed by atoms with Gasteiger partial charge in [-0.1, -0.05) is 76.1 Å². The fourth-order valence-electron chi connectivity index (χ4n) is 2.91. The average molecular weight is 387 g/mol. The molecule has 0 spiro atoms. The Balaban J connectivity index is 1.91. The van der Waals surface area contributed by atoms with E-state index in [-0.39, 0.29) is 5.41 Å². The van der Waals surface area contributed by atoms with E-state index < -0.39 is 5.97 Å². The van der Waals surface area contributed by atoms with E-state index in [4.69, 9.17) is 0 Å². The van der Waals surface area contributed by atoms with Gasteiger partial charge in [-0.2, -0.15) is 5.10 Å². The summed E-state index contributed by atoms with van der Waals surface area (Å²) in [5, 5.41) is 14.1. The summed E-state index contributed by atoms with van der Waals surface area (Å²) >= 11 is 0. The van der Waals surface area contributed by atoms with Crippen molar-refractivity contribution >= 4 is 5.97 Å². The van der Waals surface area contributed by atoms with Crippen LogP contribution in [0.25, 0.3) is 11.1 Å². The summed E-state index contributed by atoms with van der Waals surface area (Å²) in [6.45, 7) is 8.80. The van der Waals surface area contributed by atoms with Crippen LogP contribution in [0.5, 0.6) is 0 Å². The summed E-state index contributed by atoms with van der Waals surface area (Å²) in [6, 6.07) is 14.9. The number of carboxylic acids is 1. The Morgan fingerprint density at radius 3 is 2.41 bits per heavy atom. The van der Waals surface area contributed by atoms with Crippen LogP contribution in [0.1, 0.15) is 61.7 Å². The van der Waals surface area contributed by atoms with Gasteiger partial charge in [0.25, 0.3) is 0 Å². The SMILES string of the molecule is CCC#Cc1nc(C(C)(C)C)nn1Cc1ccc(-c2ccccc2C(=O)O)cc1. The molecule has 0 radical (unpaired) electrons. The van der Waals surface area contributed by atoms with Crippen LogP contribution in [0.15, 0.2) is 48.5 Å². The monoisotopic (exact) mass is 387 g/mol. The van der Waals surface area contributed by atoms with Gasteiger partial charge in [0.1, 0.15) is 0 Å². The molecule has 0 unspecified atom stereocenters. The highest BCUT2D eigenvalue weighted by Crippen LogP contribution is 2.25. The second-order valence-corrected chi connectivity index (χ2v) is 7.87. The molecule has 0 aliphatic carbocycles. The molecule has 3 aromatic rings. The van der Waals surface area contributed by atoms with Gasteiger partial charge in [0.05, 0.1) is 12.1 Å². The summed E-state index contributed by atoms with van der Waals surface area (Å²) in [7, 11) is 0. The number of hydrogen-bond acceptors (Lipinski definition) is 3. The van der Waals surface area contributed by atoms with Crippen molar-refractivity contribution in [1.82, 2.24) is 14.8 Å². The number of carboxylic acid groups (broad SMARTS) is 1. The quantitative estimate of drug-likeness (QED) is 0.656. The molecule has 1 aromatic heterocycles. The van der Waals surface area contributed by atoms with E-state index in [9.17, 15) is 9.90 Å². The topological polar surface area (TPSA) is 68.0 Å². The first kappa shape index (κ1) is 20.3. The fraction of sp³-hybridized carbons (Fsp3) is 0.292. The molecule has 0 aliphatic heterocycles. The van der Waals surface area contributed by atoms with Crippen molar-refractivity contribution in [3.8, 4) is 23.0 Å². The van der Waals surface area contributed by atoms with Crippen molar-refractivity contribution < 1.29 is 9.90 Å². The summed E-state index contributed by atoms with van der Waals surface area (Å²) in [6.07, 6.45) is 0.759. The predicted octanol–water partition coefficient (Wildman–Crippen LogP) is 4.75. The molecule has 0 saturated carbocycles. The molecular weight excluding hydrogens is 362 g/mol. The first-order chi connectivity index (χ1) is 13.8. The minimum Gasteiger partial charge on any atom is -0.478 e. The number of aromatic carboxylic acids is 1. The van der Waals surface area contributed by atoms with Crippen molar-refractivity contribution in [1.29, 1.82) is 0 Å². The lowest BCUT2D eigenvalue weighted by molar-refractivity contribution is 0.0697. The van der Waals surface area contributed by atoms with Gasteiger partial charge in [-0.15, -0.1) is 0 Å². The summed E-state index contributed by atoms with van der Waals surface area (Å²) in [5.74, 6) is 6.68. The first-order valence-electron chi connectivity index (χ1n) is 9.65. The van der Waals surface area contributed by atoms with E-state index in [0.717, 1.165) is 23.4 Å². The van der Waals surface area contributed by atoms with Gasteiger partial charge in [0.15, 0.2) is 5.82 Å². The Morgan fingerprint density at radius 1 is 1.10 bits per heavy atom. The Bertz CT molecular complexity index is 1080. The Labute approximate surface area is 171 Å². The van der Waals surface area contributed by atoms with Gasteiger partial charge < -0.3 is 5.11 Å². The van der Waals surface area contributed by atoms with Crippen LogP contribution in [-0.4, -0.2) is 25.8 Å². The molecule has 0 aliphatic rings.